The Balaban J connectivity index is 2.59. The van der Waals surface area contributed by atoms with Gasteiger partial charge in [-0.3, -0.25) is 0 Å². The highest BCUT2D eigenvalue weighted by atomic mass is 79.9. The molecule has 0 aliphatic carbocycles. The van der Waals surface area contributed by atoms with Gasteiger partial charge < -0.3 is 4.74 Å². The summed E-state index contributed by atoms with van der Waals surface area (Å²) in [4.78, 5) is 0. The van der Waals surface area contributed by atoms with Gasteiger partial charge in [0.15, 0.2) is 0 Å². The van der Waals surface area contributed by atoms with Crippen molar-refractivity contribution in [1.82, 2.24) is 0 Å². The van der Waals surface area contributed by atoms with Gasteiger partial charge in [-0.05, 0) is 17.7 Å². The van der Waals surface area contributed by atoms with Gasteiger partial charge in [-0.2, -0.15) is 0 Å². The smallest absolute Gasteiger partial charge is 0.118 e. The van der Waals surface area contributed by atoms with Gasteiger partial charge in [-0.1, -0.05) is 39.9 Å². The number of methoxy groups -OCH3 is 1. The quantitative estimate of drug-likeness (QED) is 0.569. The van der Waals surface area contributed by atoms with Crippen LogP contribution in [0.3, 0.4) is 0 Å². The van der Waals surface area contributed by atoms with Crippen LogP contribution in [0.25, 0.3) is 0 Å². The van der Waals surface area contributed by atoms with Crippen molar-refractivity contribution in [3.05, 3.63) is 29.8 Å². The number of benzene rings is 1. The molecule has 0 aliphatic rings. The summed E-state index contributed by atoms with van der Waals surface area (Å²) >= 11 is 3.25. The normalized spacial score (nSPS) is 8.77. The van der Waals surface area contributed by atoms with Crippen LogP contribution in [0.4, 0.5) is 0 Å². The third-order valence-electron chi connectivity index (χ3n) is 1.64. The van der Waals surface area contributed by atoms with E-state index in [1.54, 1.807) is 7.11 Å². The molecule has 0 fully saturated rings. The standard InChI is InChI=1S/C11H11BrO/c1-13-11-7-5-10(6-8-11)4-2-3-9-12/h5-8H,4,9H2,1H3. The van der Waals surface area contributed by atoms with Crippen LogP contribution < -0.4 is 4.74 Å². The molecule has 1 aromatic carbocycles. The second kappa shape index (κ2) is 5.66. The Hall–Kier alpha value is -0.940. The zero-order valence-corrected chi connectivity index (χ0v) is 9.10. The second-order valence-electron chi connectivity index (χ2n) is 2.51. The first-order chi connectivity index (χ1) is 6.36. The number of rotatable bonds is 2. The molecule has 0 spiro atoms. The maximum absolute atomic E-state index is 5.05. The van der Waals surface area contributed by atoms with Crippen LogP contribution in [-0.4, -0.2) is 12.4 Å². The third-order valence-corrected chi connectivity index (χ3v) is 1.92. The average molecular weight is 239 g/mol. The summed E-state index contributed by atoms with van der Waals surface area (Å²) in [7, 11) is 1.67. The molecular formula is C11H11BrO. The predicted octanol–water partition coefficient (Wildman–Crippen LogP) is 2.64. The van der Waals surface area contributed by atoms with E-state index in [0.717, 1.165) is 17.5 Å². The minimum atomic E-state index is 0.739. The molecule has 1 rings (SSSR count). The minimum absolute atomic E-state index is 0.739. The van der Waals surface area contributed by atoms with E-state index in [0.29, 0.717) is 0 Å². The number of halogens is 1. The number of hydrogen-bond donors (Lipinski definition) is 0. The van der Waals surface area contributed by atoms with E-state index in [2.05, 4.69) is 27.8 Å². The number of ether oxygens (including phenoxy) is 1. The van der Waals surface area contributed by atoms with Crippen LogP contribution in [0, 0.1) is 11.8 Å². The summed E-state index contributed by atoms with van der Waals surface area (Å²) in [6.45, 7) is 0. The molecule has 13 heavy (non-hydrogen) atoms. The Bertz CT molecular complexity index is 305. The molecule has 0 N–H and O–H groups in total. The van der Waals surface area contributed by atoms with Crippen molar-refractivity contribution < 1.29 is 4.74 Å². The van der Waals surface area contributed by atoms with Gasteiger partial charge in [0, 0.05) is 6.42 Å². The summed E-state index contributed by atoms with van der Waals surface area (Å²) in [5.41, 5.74) is 1.22. The summed E-state index contributed by atoms with van der Waals surface area (Å²) < 4.78 is 5.05. The molecule has 0 saturated carbocycles. The summed E-state index contributed by atoms with van der Waals surface area (Å²) in [6, 6.07) is 7.96. The molecule has 0 atom stereocenters. The van der Waals surface area contributed by atoms with Crippen LogP contribution in [0.1, 0.15) is 5.56 Å². The van der Waals surface area contributed by atoms with Crippen LogP contribution in [-0.2, 0) is 6.42 Å². The lowest BCUT2D eigenvalue weighted by molar-refractivity contribution is 0.414. The van der Waals surface area contributed by atoms with Gasteiger partial charge >= 0.3 is 0 Å². The predicted molar refractivity (Wildman–Crippen MR) is 58.3 cm³/mol. The Morgan fingerprint density at radius 2 is 1.92 bits per heavy atom. The van der Waals surface area contributed by atoms with Crippen molar-refractivity contribution in [1.29, 1.82) is 0 Å². The van der Waals surface area contributed by atoms with E-state index >= 15 is 0 Å². The maximum atomic E-state index is 5.05. The van der Waals surface area contributed by atoms with Gasteiger partial charge in [0.25, 0.3) is 0 Å². The van der Waals surface area contributed by atoms with Crippen LogP contribution >= 0.6 is 15.9 Å². The highest BCUT2D eigenvalue weighted by molar-refractivity contribution is 9.09. The lowest BCUT2D eigenvalue weighted by Gasteiger charge is -1.99. The molecule has 0 aromatic heterocycles. The van der Waals surface area contributed by atoms with Crippen molar-refractivity contribution in [2.75, 3.05) is 12.4 Å². The van der Waals surface area contributed by atoms with Gasteiger partial charge in [0.1, 0.15) is 5.75 Å². The van der Waals surface area contributed by atoms with Gasteiger partial charge in [-0.25, -0.2) is 0 Å². The van der Waals surface area contributed by atoms with Gasteiger partial charge in [0.2, 0.25) is 0 Å². The lowest BCUT2D eigenvalue weighted by Crippen LogP contribution is -1.84. The SMILES string of the molecule is COc1ccc(CC#CCBr)cc1. The maximum Gasteiger partial charge on any atom is 0.118 e. The van der Waals surface area contributed by atoms with E-state index in [1.807, 2.05) is 24.3 Å². The second-order valence-corrected chi connectivity index (χ2v) is 3.07. The Morgan fingerprint density at radius 1 is 1.23 bits per heavy atom. The molecule has 0 amide bonds. The molecule has 0 bridgehead atoms. The number of alkyl halides is 1. The van der Waals surface area contributed by atoms with Crippen LogP contribution in [0.2, 0.25) is 0 Å². The fourth-order valence-electron chi connectivity index (χ4n) is 0.955. The Kier molecular flexibility index (Phi) is 4.42. The zero-order chi connectivity index (χ0) is 9.52. The average Bonchev–Trinajstić information content (AvgIpc) is 2.19. The van der Waals surface area contributed by atoms with E-state index in [9.17, 15) is 0 Å². The molecule has 1 nitrogen and oxygen atoms in total. The Morgan fingerprint density at radius 3 is 2.46 bits per heavy atom. The summed E-state index contributed by atoms with van der Waals surface area (Å²) in [5.74, 6) is 6.90. The van der Waals surface area contributed by atoms with Crippen molar-refractivity contribution in [3.8, 4) is 17.6 Å². The van der Waals surface area contributed by atoms with Crippen LogP contribution in [0.5, 0.6) is 5.75 Å². The molecule has 0 radical (unpaired) electrons. The molecule has 0 aliphatic heterocycles. The van der Waals surface area contributed by atoms with Crippen molar-refractivity contribution in [2.24, 2.45) is 0 Å². The molecule has 0 heterocycles. The molecule has 0 unspecified atom stereocenters. The minimum Gasteiger partial charge on any atom is -0.497 e. The zero-order valence-electron chi connectivity index (χ0n) is 7.51. The Labute approximate surface area is 87.2 Å². The summed E-state index contributed by atoms with van der Waals surface area (Å²) in [6.07, 6.45) is 0.801. The summed E-state index contributed by atoms with van der Waals surface area (Å²) in [5, 5.41) is 0.739. The first-order valence-corrected chi connectivity index (χ1v) is 5.13. The van der Waals surface area contributed by atoms with Crippen molar-refractivity contribution in [3.63, 3.8) is 0 Å². The largest absolute Gasteiger partial charge is 0.497 e. The monoisotopic (exact) mass is 238 g/mol. The van der Waals surface area contributed by atoms with E-state index in [4.69, 9.17) is 4.74 Å². The fourth-order valence-corrected chi connectivity index (χ4v) is 1.15. The molecular weight excluding hydrogens is 228 g/mol. The fraction of sp³-hybridized carbons (Fsp3) is 0.273. The molecule has 2 heteroatoms. The highest BCUT2D eigenvalue weighted by Gasteiger charge is 1.90. The number of hydrogen-bond acceptors (Lipinski definition) is 1. The van der Waals surface area contributed by atoms with Gasteiger partial charge in [-0.15, -0.1) is 0 Å². The van der Waals surface area contributed by atoms with Crippen molar-refractivity contribution in [2.45, 2.75) is 6.42 Å². The molecule has 1 aromatic rings. The molecule has 68 valence electrons. The first kappa shape index (κ1) is 10.1. The lowest BCUT2D eigenvalue weighted by atomic mass is 10.1. The van der Waals surface area contributed by atoms with E-state index < -0.39 is 0 Å². The topological polar surface area (TPSA) is 9.23 Å². The first-order valence-electron chi connectivity index (χ1n) is 4.01. The van der Waals surface area contributed by atoms with E-state index in [-0.39, 0.29) is 0 Å². The van der Waals surface area contributed by atoms with Crippen LogP contribution in [0.15, 0.2) is 24.3 Å². The third kappa shape index (κ3) is 3.52. The van der Waals surface area contributed by atoms with Gasteiger partial charge in [0.05, 0.1) is 12.4 Å². The molecule has 0 saturated heterocycles. The van der Waals surface area contributed by atoms with Crippen molar-refractivity contribution >= 4 is 15.9 Å². The highest BCUT2D eigenvalue weighted by Crippen LogP contribution is 2.11. The van der Waals surface area contributed by atoms with E-state index in [1.165, 1.54) is 5.56 Å².